The second-order valence-corrected chi connectivity index (χ2v) is 14.5. The molecule has 0 radical (unpaired) electrons. The number of hydrogen-bond donors (Lipinski definition) is 1. The largest absolute Gasteiger partial charge is 0.462 e. The maximum atomic E-state index is 12.7. The van der Waals surface area contributed by atoms with E-state index in [1.54, 1.807) is 6.92 Å². The van der Waals surface area contributed by atoms with E-state index in [9.17, 15) is 9.59 Å². The summed E-state index contributed by atoms with van der Waals surface area (Å²) in [4.78, 5) is 27.3. The summed E-state index contributed by atoms with van der Waals surface area (Å²) in [5.41, 5.74) is 5.22. The lowest BCUT2D eigenvalue weighted by Crippen LogP contribution is -2.49. The van der Waals surface area contributed by atoms with Gasteiger partial charge in [0.15, 0.2) is 0 Å². The second kappa shape index (κ2) is 23.0. The van der Waals surface area contributed by atoms with Crippen LogP contribution < -0.4 is 5.73 Å². The summed E-state index contributed by atoms with van der Waals surface area (Å²) in [7, 11) is 4.00. The molecule has 6 atom stereocenters. The Kier molecular flexibility index (Phi) is 22.3. The normalized spacial score (nSPS) is 16.9. The lowest BCUT2D eigenvalue weighted by atomic mass is 9.84. The van der Waals surface area contributed by atoms with E-state index in [0.29, 0.717) is 18.8 Å². The molecule has 2 N–H and O–H groups in total. The molecule has 0 saturated carbocycles. The van der Waals surface area contributed by atoms with Gasteiger partial charge in [-0.15, -0.1) is 0 Å². The van der Waals surface area contributed by atoms with Crippen molar-refractivity contribution in [2.45, 2.75) is 150 Å². The first-order valence-electron chi connectivity index (χ1n) is 17.1. The molecule has 0 aliphatic carbocycles. The van der Waals surface area contributed by atoms with Crippen LogP contribution in [0.4, 0.5) is 0 Å². The van der Waals surface area contributed by atoms with Crippen molar-refractivity contribution in [2.24, 2.45) is 35.3 Å². The van der Waals surface area contributed by atoms with Crippen LogP contribution in [-0.2, 0) is 19.1 Å². The number of ether oxygens (including phenoxy) is 2. The fourth-order valence-electron chi connectivity index (χ4n) is 5.80. The van der Waals surface area contributed by atoms with Crippen molar-refractivity contribution in [2.75, 3.05) is 27.2 Å². The third-order valence-electron chi connectivity index (χ3n) is 8.66. The molecule has 0 aromatic carbocycles. The molecule has 0 heterocycles. The van der Waals surface area contributed by atoms with E-state index in [2.05, 4.69) is 46.1 Å². The lowest BCUT2D eigenvalue weighted by molar-refractivity contribution is -0.154. The molecule has 6 unspecified atom stereocenters. The summed E-state index contributed by atoms with van der Waals surface area (Å²) in [6.07, 6.45) is 16.4. The zero-order chi connectivity index (χ0) is 32.1. The van der Waals surface area contributed by atoms with Crippen LogP contribution in [0.3, 0.4) is 0 Å². The molecule has 0 fully saturated rings. The van der Waals surface area contributed by atoms with E-state index < -0.39 is 11.5 Å². The molecule has 0 bridgehead atoms. The predicted octanol–water partition coefficient (Wildman–Crippen LogP) is 8.57. The summed E-state index contributed by atoms with van der Waals surface area (Å²) in [6, 6.07) is 0. The smallest absolute Gasteiger partial charge is 0.326 e. The number of nitrogens with zero attached hydrogens (tertiary/aromatic N) is 1. The summed E-state index contributed by atoms with van der Waals surface area (Å²) >= 11 is 0. The topological polar surface area (TPSA) is 81.9 Å². The average Bonchev–Trinajstić information content (AvgIpc) is 2.88. The van der Waals surface area contributed by atoms with Gasteiger partial charge in [-0.25, -0.2) is 0 Å². The Bertz CT molecular complexity index is 721. The van der Waals surface area contributed by atoms with Gasteiger partial charge in [-0.3, -0.25) is 9.59 Å². The minimum absolute atomic E-state index is 0.0610. The Labute approximate surface area is 260 Å². The second-order valence-electron chi connectivity index (χ2n) is 14.5. The highest BCUT2D eigenvalue weighted by molar-refractivity contribution is 5.80. The predicted molar refractivity (Wildman–Crippen MR) is 178 cm³/mol. The van der Waals surface area contributed by atoms with Crippen LogP contribution >= 0.6 is 0 Å². The molecule has 0 spiro atoms. The molecule has 6 heteroatoms. The number of carbonyl (C=O) groups excluding carboxylic acids is 2. The highest BCUT2D eigenvalue weighted by Gasteiger charge is 2.35. The Hall–Kier alpha value is -1.40. The minimum atomic E-state index is -1.15. The molecule has 0 aliphatic heterocycles. The van der Waals surface area contributed by atoms with Crippen molar-refractivity contribution in [3.8, 4) is 0 Å². The zero-order valence-electron chi connectivity index (χ0n) is 29.2. The van der Waals surface area contributed by atoms with E-state index in [4.69, 9.17) is 15.2 Å². The van der Waals surface area contributed by atoms with Crippen molar-refractivity contribution < 1.29 is 19.1 Å². The summed E-state index contributed by atoms with van der Waals surface area (Å²) < 4.78 is 11.2. The maximum Gasteiger partial charge on any atom is 0.326 e. The van der Waals surface area contributed by atoms with Crippen LogP contribution in [0.1, 0.15) is 138 Å². The molecule has 42 heavy (non-hydrogen) atoms. The first-order chi connectivity index (χ1) is 19.7. The fraction of sp³-hybridized carbons (Fsp3) is 0.889. The fourth-order valence-corrected chi connectivity index (χ4v) is 5.80. The van der Waals surface area contributed by atoms with Crippen molar-refractivity contribution in [1.29, 1.82) is 0 Å². The average molecular weight is 595 g/mol. The maximum absolute atomic E-state index is 12.7. The zero-order valence-corrected chi connectivity index (χ0v) is 29.2. The Balaban J connectivity index is 4.73. The van der Waals surface area contributed by atoms with Crippen LogP contribution in [0.5, 0.6) is 0 Å². The standard InChI is InChI=1S/C36H70N2O4/c1-11-26-41-35(40)36(8,37)27-32(7)33(42-34(39)22-15-25-38(9)10)24-23-31(6)21-14-20-30(5)19-13-18-29(4)17-12-16-28(2)3/h11,28-33H,1,12-27,37H2,2-10H3. The molecular formula is C36H70N2O4. The summed E-state index contributed by atoms with van der Waals surface area (Å²) in [5, 5.41) is 0. The third kappa shape index (κ3) is 21.3. The van der Waals surface area contributed by atoms with Crippen LogP contribution in [0.15, 0.2) is 12.7 Å². The van der Waals surface area contributed by atoms with E-state index in [1.165, 1.54) is 63.9 Å². The number of esters is 2. The lowest BCUT2D eigenvalue weighted by Gasteiger charge is -2.31. The van der Waals surface area contributed by atoms with Gasteiger partial charge in [0, 0.05) is 6.42 Å². The molecule has 0 amide bonds. The van der Waals surface area contributed by atoms with Crippen molar-refractivity contribution >= 4 is 11.9 Å². The van der Waals surface area contributed by atoms with Gasteiger partial charge in [0.25, 0.3) is 0 Å². The number of carbonyl (C=O) groups is 2. The van der Waals surface area contributed by atoms with Crippen molar-refractivity contribution in [3.63, 3.8) is 0 Å². The SMILES string of the molecule is C=CCOC(=O)C(C)(N)CC(C)C(CCC(C)CCCC(C)CCCC(C)CCCC(C)C)OC(=O)CCCN(C)C. The van der Waals surface area contributed by atoms with Gasteiger partial charge < -0.3 is 20.1 Å². The van der Waals surface area contributed by atoms with Gasteiger partial charge in [-0.2, -0.15) is 0 Å². The van der Waals surface area contributed by atoms with Crippen LogP contribution in [-0.4, -0.2) is 55.7 Å². The molecule has 6 nitrogen and oxygen atoms in total. The Morgan fingerprint density at radius 2 is 1.31 bits per heavy atom. The van der Waals surface area contributed by atoms with Gasteiger partial charge >= 0.3 is 11.9 Å². The number of nitrogens with two attached hydrogens (primary N) is 1. The minimum Gasteiger partial charge on any atom is -0.462 e. The first-order valence-corrected chi connectivity index (χ1v) is 17.1. The van der Waals surface area contributed by atoms with Crippen LogP contribution in [0, 0.1) is 29.6 Å². The number of rotatable bonds is 26. The van der Waals surface area contributed by atoms with Gasteiger partial charge in [-0.1, -0.05) is 112 Å². The van der Waals surface area contributed by atoms with Gasteiger partial charge in [-0.05, 0) is 82.8 Å². The van der Waals surface area contributed by atoms with E-state index in [-0.39, 0.29) is 24.6 Å². The quantitative estimate of drug-likeness (QED) is 0.0798. The van der Waals surface area contributed by atoms with E-state index >= 15 is 0 Å². The van der Waals surface area contributed by atoms with Crippen LogP contribution in [0.2, 0.25) is 0 Å². The summed E-state index contributed by atoms with van der Waals surface area (Å²) in [5.74, 6) is 2.33. The molecule has 0 saturated heterocycles. The molecule has 0 aromatic rings. The monoisotopic (exact) mass is 595 g/mol. The van der Waals surface area contributed by atoms with Gasteiger partial charge in [0.05, 0.1) is 0 Å². The molecule has 0 aromatic heterocycles. The highest BCUT2D eigenvalue weighted by atomic mass is 16.5. The number of hydrogen-bond acceptors (Lipinski definition) is 6. The molecule has 0 rings (SSSR count). The first kappa shape index (κ1) is 40.6. The third-order valence-corrected chi connectivity index (χ3v) is 8.66. The van der Waals surface area contributed by atoms with Gasteiger partial charge in [0.1, 0.15) is 18.2 Å². The molecular weight excluding hydrogens is 524 g/mol. The molecule has 0 aliphatic rings. The Morgan fingerprint density at radius 3 is 1.79 bits per heavy atom. The summed E-state index contributed by atoms with van der Waals surface area (Å²) in [6.45, 7) is 20.1. The Morgan fingerprint density at radius 1 is 0.810 bits per heavy atom. The van der Waals surface area contributed by atoms with Crippen molar-refractivity contribution in [3.05, 3.63) is 12.7 Å². The van der Waals surface area contributed by atoms with E-state index in [0.717, 1.165) is 43.6 Å². The highest BCUT2D eigenvalue weighted by Crippen LogP contribution is 2.28. The van der Waals surface area contributed by atoms with Gasteiger partial charge in [0.2, 0.25) is 0 Å². The van der Waals surface area contributed by atoms with E-state index in [1.807, 2.05) is 21.0 Å². The van der Waals surface area contributed by atoms with Crippen molar-refractivity contribution in [1.82, 2.24) is 4.90 Å². The molecule has 248 valence electrons. The van der Waals surface area contributed by atoms with Crippen LogP contribution in [0.25, 0.3) is 0 Å².